The minimum atomic E-state index is 0.620. The quantitative estimate of drug-likeness (QED) is 0.853. The summed E-state index contributed by atoms with van der Waals surface area (Å²) >= 11 is 0. The van der Waals surface area contributed by atoms with Gasteiger partial charge >= 0.3 is 0 Å². The van der Waals surface area contributed by atoms with Crippen molar-refractivity contribution < 1.29 is 0 Å². The van der Waals surface area contributed by atoms with Gasteiger partial charge in [-0.15, -0.1) is 0 Å². The molecule has 1 heterocycles. The summed E-state index contributed by atoms with van der Waals surface area (Å²) < 4.78 is 0. The molecule has 1 aromatic carbocycles. The number of nitrogens with one attached hydrogen (secondary N) is 2. The van der Waals surface area contributed by atoms with E-state index in [0.717, 1.165) is 19.6 Å². The summed E-state index contributed by atoms with van der Waals surface area (Å²) in [5.41, 5.74) is 2.57. The van der Waals surface area contributed by atoms with Crippen LogP contribution < -0.4 is 15.5 Å². The first kappa shape index (κ1) is 14.2. The summed E-state index contributed by atoms with van der Waals surface area (Å²) in [5.74, 6) is 0. The van der Waals surface area contributed by atoms with Crippen molar-refractivity contribution in [1.82, 2.24) is 5.32 Å². The monoisotopic (exact) mass is 261 g/mol. The van der Waals surface area contributed by atoms with Crippen LogP contribution in [0.3, 0.4) is 0 Å². The Kier molecular flexibility index (Phi) is 5.52. The van der Waals surface area contributed by atoms with Crippen LogP contribution in [-0.2, 0) is 0 Å². The van der Waals surface area contributed by atoms with Crippen LogP contribution in [-0.4, -0.2) is 32.2 Å². The van der Waals surface area contributed by atoms with Gasteiger partial charge in [0.25, 0.3) is 0 Å². The molecule has 1 aromatic rings. The molecule has 0 aromatic heterocycles. The number of rotatable bonds is 5. The van der Waals surface area contributed by atoms with Crippen LogP contribution in [0, 0.1) is 0 Å². The Morgan fingerprint density at radius 1 is 1.11 bits per heavy atom. The van der Waals surface area contributed by atoms with Gasteiger partial charge in [0.15, 0.2) is 0 Å². The average molecular weight is 261 g/mol. The molecule has 0 spiro atoms. The molecule has 1 unspecified atom stereocenters. The number of nitrogens with zero attached hydrogens (tertiary/aromatic N) is 1. The molecule has 0 saturated carbocycles. The first-order chi connectivity index (χ1) is 9.33. The summed E-state index contributed by atoms with van der Waals surface area (Å²) in [6.45, 7) is 8.84. The Bertz CT molecular complexity index is 349. The fraction of sp³-hybridized carbons (Fsp3) is 0.625. The van der Waals surface area contributed by atoms with Crippen molar-refractivity contribution in [3.8, 4) is 0 Å². The molecular weight excluding hydrogens is 234 g/mol. The molecular formula is C16H27N3. The van der Waals surface area contributed by atoms with Crippen molar-refractivity contribution in [3.05, 3.63) is 24.3 Å². The lowest BCUT2D eigenvalue weighted by atomic mass is 10.1. The number of benzene rings is 1. The van der Waals surface area contributed by atoms with E-state index in [4.69, 9.17) is 0 Å². The normalized spacial score (nSPS) is 19.8. The van der Waals surface area contributed by atoms with Crippen molar-refractivity contribution >= 4 is 11.4 Å². The van der Waals surface area contributed by atoms with E-state index in [1.807, 2.05) is 0 Å². The Balaban J connectivity index is 1.94. The van der Waals surface area contributed by atoms with Crippen LogP contribution in [0.1, 0.15) is 33.1 Å². The van der Waals surface area contributed by atoms with Gasteiger partial charge in [0.05, 0.1) is 0 Å². The molecule has 1 aliphatic heterocycles. The summed E-state index contributed by atoms with van der Waals surface area (Å²) in [4.78, 5) is 2.37. The third-order valence-electron chi connectivity index (χ3n) is 3.94. The van der Waals surface area contributed by atoms with Crippen molar-refractivity contribution in [2.24, 2.45) is 0 Å². The second-order valence-corrected chi connectivity index (χ2v) is 5.24. The van der Waals surface area contributed by atoms with Crippen LogP contribution in [0.4, 0.5) is 11.4 Å². The molecule has 3 heteroatoms. The predicted molar refractivity (Wildman–Crippen MR) is 84.1 cm³/mol. The highest BCUT2D eigenvalue weighted by Gasteiger charge is 2.11. The van der Waals surface area contributed by atoms with Gasteiger partial charge < -0.3 is 15.5 Å². The van der Waals surface area contributed by atoms with Gasteiger partial charge in [-0.05, 0) is 70.5 Å². The van der Waals surface area contributed by atoms with Gasteiger partial charge in [0.1, 0.15) is 0 Å². The van der Waals surface area contributed by atoms with Crippen LogP contribution >= 0.6 is 0 Å². The average Bonchev–Trinajstić information content (AvgIpc) is 2.71. The smallest absolute Gasteiger partial charge is 0.0367 e. The van der Waals surface area contributed by atoms with E-state index in [2.05, 4.69) is 53.6 Å². The van der Waals surface area contributed by atoms with Gasteiger partial charge in [-0.2, -0.15) is 0 Å². The molecule has 1 saturated heterocycles. The summed E-state index contributed by atoms with van der Waals surface area (Å²) in [7, 11) is 0. The first-order valence-corrected chi connectivity index (χ1v) is 7.65. The van der Waals surface area contributed by atoms with E-state index in [9.17, 15) is 0 Å². The summed E-state index contributed by atoms with van der Waals surface area (Å²) in [6, 6.07) is 9.50. The highest BCUT2D eigenvalue weighted by Crippen LogP contribution is 2.20. The van der Waals surface area contributed by atoms with Crippen molar-refractivity contribution in [1.29, 1.82) is 0 Å². The molecule has 3 nitrogen and oxygen atoms in total. The van der Waals surface area contributed by atoms with Crippen LogP contribution in [0.15, 0.2) is 24.3 Å². The largest absolute Gasteiger partial charge is 0.382 e. The van der Waals surface area contributed by atoms with Gasteiger partial charge in [-0.3, -0.25) is 0 Å². The van der Waals surface area contributed by atoms with Gasteiger partial charge in [0.2, 0.25) is 0 Å². The standard InChI is InChI=1S/C16H27N3/c1-3-19(4-2)16-9-7-15(8-10-16)18-14-6-5-12-17-13-11-14/h7-10,14,17-18H,3-6,11-13H2,1-2H3. The molecule has 0 bridgehead atoms. The summed E-state index contributed by atoms with van der Waals surface area (Å²) in [5, 5.41) is 7.12. The molecule has 0 amide bonds. The van der Waals surface area contributed by atoms with E-state index in [1.165, 1.54) is 37.2 Å². The lowest BCUT2D eigenvalue weighted by Gasteiger charge is -2.22. The topological polar surface area (TPSA) is 27.3 Å². The zero-order valence-corrected chi connectivity index (χ0v) is 12.3. The minimum absolute atomic E-state index is 0.620. The van der Waals surface area contributed by atoms with Gasteiger partial charge in [0, 0.05) is 30.5 Å². The summed E-state index contributed by atoms with van der Waals surface area (Å²) in [6.07, 6.45) is 3.76. The fourth-order valence-corrected chi connectivity index (χ4v) is 2.76. The maximum Gasteiger partial charge on any atom is 0.0367 e. The Hall–Kier alpha value is -1.22. The maximum absolute atomic E-state index is 3.66. The van der Waals surface area contributed by atoms with Crippen LogP contribution in [0.5, 0.6) is 0 Å². The van der Waals surface area contributed by atoms with Gasteiger partial charge in [-0.1, -0.05) is 0 Å². The molecule has 1 atom stereocenters. The Morgan fingerprint density at radius 3 is 2.53 bits per heavy atom. The maximum atomic E-state index is 3.66. The van der Waals surface area contributed by atoms with E-state index in [1.54, 1.807) is 0 Å². The molecule has 1 aliphatic rings. The van der Waals surface area contributed by atoms with Crippen LogP contribution in [0.25, 0.3) is 0 Å². The minimum Gasteiger partial charge on any atom is -0.382 e. The Morgan fingerprint density at radius 2 is 1.84 bits per heavy atom. The zero-order valence-electron chi connectivity index (χ0n) is 12.3. The highest BCUT2D eigenvalue weighted by molar-refractivity contribution is 5.55. The lowest BCUT2D eigenvalue weighted by molar-refractivity contribution is 0.637. The Labute approximate surface area is 117 Å². The van der Waals surface area contributed by atoms with E-state index in [-0.39, 0.29) is 0 Å². The third-order valence-corrected chi connectivity index (χ3v) is 3.94. The van der Waals surface area contributed by atoms with E-state index >= 15 is 0 Å². The number of anilines is 2. The molecule has 1 fully saturated rings. The molecule has 0 aliphatic carbocycles. The third kappa shape index (κ3) is 4.13. The molecule has 2 rings (SSSR count). The molecule has 0 radical (unpaired) electrons. The fourth-order valence-electron chi connectivity index (χ4n) is 2.76. The highest BCUT2D eigenvalue weighted by atomic mass is 15.1. The number of hydrogen-bond donors (Lipinski definition) is 2. The molecule has 19 heavy (non-hydrogen) atoms. The SMILES string of the molecule is CCN(CC)c1ccc(NC2CCCNCC2)cc1. The van der Waals surface area contributed by atoms with Crippen molar-refractivity contribution in [2.45, 2.75) is 39.2 Å². The first-order valence-electron chi connectivity index (χ1n) is 7.65. The van der Waals surface area contributed by atoms with E-state index < -0.39 is 0 Å². The van der Waals surface area contributed by atoms with Gasteiger partial charge in [-0.25, -0.2) is 0 Å². The zero-order chi connectivity index (χ0) is 13.5. The number of hydrogen-bond acceptors (Lipinski definition) is 3. The van der Waals surface area contributed by atoms with Crippen molar-refractivity contribution in [2.75, 3.05) is 36.4 Å². The molecule has 2 N–H and O–H groups in total. The van der Waals surface area contributed by atoms with E-state index in [0.29, 0.717) is 6.04 Å². The second kappa shape index (κ2) is 7.39. The van der Waals surface area contributed by atoms with Crippen LogP contribution in [0.2, 0.25) is 0 Å². The second-order valence-electron chi connectivity index (χ2n) is 5.24. The lowest BCUT2D eigenvalue weighted by Crippen LogP contribution is -2.22. The molecule has 106 valence electrons. The van der Waals surface area contributed by atoms with Crippen molar-refractivity contribution in [3.63, 3.8) is 0 Å². The predicted octanol–water partition coefficient (Wildman–Crippen LogP) is 3.09.